The van der Waals surface area contributed by atoms with E-state index in [0.29, 0.717) is 4.90 Å². The molecular formula is C12H19NO2S. The van der Waals surface area contributed by atoms with Crippen LogP contribution in [-0.4, -0.2) is 14.0 Å². The average Bonchev–Trinajstić information content (AvgIpc) is 2.16. The Balaban J connectivity index is 3.04. The maximum atomic E-state index is 12.0. The first-order chi connectivity index (χ1) is 7.27. The molecule has 0 saturated carbocycles. The van der Waals surface area contributed by atoms with E-state index in [2.05, 4.69) is 4.72 Å². The molecule has 0 bridgehead atoms. The molecule has 1 N–H and O–H groups in total. The molecular weight excluding hydrogens is 222 g/mol. The molecule has 1 rings (SSSR count). The highest BCUT2D eigenvalue weighted by Gasteiger charge is 2.24. The zero-order valence-electron chi connectivity index (χ0n) is 10.2. The largest absolute Gasteiger partial charge is 0.241 e. The van der Waals surface area contributed by atoms with E-state index in [1.165, 1.54) is 0 Å². The van der Waals surface area contributed by atoms with E-state index in [-0.39, 0.29) is 0 Å². The summed E-state index contributed by atoms with van der Waals surface area (Å²) in [6.07, 6.45) is 0.748. The second kappa shape index (κ2) is 4.55. The molecule has 0 amide bonds. The first-order valence-electron chi connectivity index (χ1n) is 5.37. The summed E-state index contributed by atoms with van der Waals surface area (Å²) in [5.74, 6) is 0. The summed E-state index contributed by atoms with van der Waals surface area (Å²) < 4.78 is 26.8. The van der Waals surface area contributed by atoms with Crippen LogP contribution in [0.3, 0.4) is 0 Å². The van der Waals surface area contributed by atoms with Gasteiger partial charge >= 0.3 is 0 Å². The SMILES string of the molecule is CCC(C)(C)NS(=O)(=O)c1cccc(C)c1. The third-order valence-corrected chi connectivity index (χ3v) is 4.29. The first kappa shape index (κ1) is 13.2. The van der Waals surface area contributed by atoms with Gasteiger partial charge in [-0.15, -0.1) is 0 Å². The molecule has 0 unspecified atom stereocenters. The molecule has 0 aliphatic rings. The number of aryl methyl sites for hydroxylation is 1. The van der Waals surface area contributed by atoms with E-state index in [1.807, 2.05) is 33.8 Å². The van der Waals surface area contributed by atoms with Crippen LogP contribution in [-0.2, 0) is 10.0 Å². The standard InChI is InChI=1S/C12H19NO2S/c1-5-12(3,4)13-16(14,15)11-8-6-7-10(2)9-11/h6-9,13H,5H2,1-4H3. The topological polar surface area (TPSA) is 46.2 Å². The van der Waals surface area contributed by atoms with E-state index >= 15 is 0 Å². The Morgan fingerprint density at radius 3 is 2.44 bits per heavy atom. The quantitative estimate of drug-likeness (QED) is 0.880. The fraction of sp³-hybridized carbons (Fsp3) is 0.500. The molecule has 0 aliphatic carbocycles. The summed E-state index contributed by atoms with van der Waals surface area (Å²) in [4.78, 5) is 0.328. The lowest BCUT2D eigenvalue weighted by atomic mass is 10.0. The van der Waals surface area contributed by atoms with Gasteiger partial charge in [-0.2, -0.15) is 0 Å². The van der Waals surface area contributed by atoms with Gasteiger partial charge in [0.05, 0.1) is 4.90 Å². The summed E-state index contributed by atoms with van der Waals surface area (Å²) in [5.41, 5.74) is 0.528. The van der Waals surface area contributed by atoms with Gasteiger partial charge in [0.1, 0.15) is 0 Å². The molecule has 0 radical (unpaired) electrons. The van der Waals surface area contributed by atoms with Gasteiger partial charge in [-0.25, -0.2) is 13.1 Å². The van der Waals surface area contributed by atoms with Gasteiger partial charge in [-0.1, -0.05) is 19.1 Å². The van der Waals surface area contributed by atoms with Gasteiger partial charge in [0.25, 0.3) is 0 Å². The zero-order chi connectivity index (χ0) is 12.4. The van der Waals surface area contributed by atoms with Gasteiger partial charge in [0.15, 0.2) is 0 Å². The highest BCUT2D eigenvalue weighted by Crippen LogP contribution is 2.16. The van der Waals surface area contributed by atoms with Gasteiger partial charge in [-0.05, 0) is 44.9 Å². The lowest BCUT2D eigenvalue weighted by molar-refractivity contribution is 0.439. The molecule has 0 fully saturated rings. The summed E-state index contributed by atoms with van der Waals surface area (Å²) in [7, 11) is -3.40. The Labute approximate surface area is 97.9 Å². The summed E-state index contributed by atoms with van der Waals surface area (Å²) in [6, 6.07) is 6.92. The molecule has 3 nitrogen and oxygen atoms in total. The van der Waals surface area contributed by atoms with E-state index in [9.17, 15) is 8.42 Å². The van der Waals surface area contributed by atoms with Crippen molar-refractivity contribution in [2.45, 2.75) is 44.6 Å². The highest BCUT2D eigenvalue weighted by molar-refractivity contribution is 7.89. The van der Waals surface area contributed by atoms with Crippen molar-refractivity contribution in [3.8, 4) is 0 Å². The second-order valence-electron chi connectivity index (χ2n) is 4.66. The number of nitrogens with one attached hydrogen (secondary N) is 1. The van der Waals surface area contributed by atoms with Gasteiger partial charge in [0.2, 0.25) is 10.0 Å². The van der Waals surface area contributed by atoms with Crippen LogP contribution in [0.15, 0.2) is 29.2 Å². The van der Waals surface area contributed by atoms with Crippen LogP contribution in [0.1, 0.15) is 32.8 Å². The Morgan fingerprint density at radius 1 is 1.31 bits per heavy atom. The fourth-order valence-electron chi connectivity index (χ4n) is 1.28. The lowest BCUT2D eigenvalue weighted by Gasteiger charge is -2.24. The van der Waals surface area contributed by atoms with Crippen molar-refractivity contribution >= 4 is 10.0 Å². The third kappa shape index (κ3) is 3.32. The van der Waals surface area contributed by atoms with Crippen LogP contribution >= 0.6 is 0 Å². The molecule has 1 aromatic rings. The van der Waals surface area contributed by atoms with Crippen LogP contribution in [0.25, 0.3) is 0 Å². The highest BCUT2D eigenvalue weighted by atomic mass is 32.2. The lowest BCUT2D eigenvalue weighted by Crippen LogP contribution is -2.42. The number of hydrogen-bond donors (Lipinski definition) is 1. The predicted octanol–water partition coefficient (Wildman–Crippen LogP) is 2.46. The third-order valence-electron chi connectivity index (χ3n) is 2.59. The van der Waals surface area contributed by atoms with E-state index in [1.54, 1.807) is 18.2 Å². The normalized spacial score (nSPS) is 12.8. The average molecular weight is 241 g/mol. The second-order valence-corrected chi connectivity index (χ2v) is 6.34. The van der Waals surface area contributed by atoms with E-state index in [4.69, 9.17) is 0 Å². The molecule has 0 saturated heterocycles. The predicted molar refractivity (Wildman–Crippen MR) is 65.9 cm³/mol. The van der Waals surface area contributed by atoms with Gasteiger partial charge in [0, 0.05) is 5.54 Å². The summed E-state index contributed by atoms with van der Waals surface area (Å²) in [5, 5.41) is 0. The van der Waals surface area contributed by atoms with Gasteiger partial charge < -0.3 is 0 Å². The molecule has 0 spiro atoms. The van der Waals surface area contributed by atoms with Crippen molar-refractivity contribution in [3.63, 3.8) is 0 Å². The minimum Gasteiger partial charge on any atom is -0.207 e. The van der Waals surface area contributed by atoms with Crippen molar-refractivity contribution in [1.82, 2.24) is 4.72 Å². The smallest absolute Gasteiger partial charge is 0.207 e. The molecule has 0 aliphatic heterocycles. The fourth-order valence-corrected chi connectivity index (χ4v) is 2.87. The Bertz CT molecular complexity index is 464. The van der Waals surface area contributed by atoms with Crippen LogP contribution in [0.2, 0.25) is 0 Å². The minimum atomic E-state index is -3.40. The maximum Gasteiger partial charge on any atom is 0.241 e. The number of hydrogen-bond acceptors (Lipinski definition) is 2. The van der Waals surface area contributed by atoms with E-state index in [0.717, 1.165) is 12.0 Å². The van der Waals surface area contributed by atoms with Crippen molar-refractivity contribution in [1.29, 1.82) is 0 Å². The Morgan fingerprint density at radius 2 is 1.94 bits per heavy atom. The molecule has 90 valence electrons. The monoisotopic (exact) mass is 241 g/mol. The maximum absolute atomic E-state index is 12.0. The van der Waals surface area contributed by atoms with Crippen molar-refractivity contribution in [2.75, 3.05) is 0 Å². The molecule has 16 heavy (non-hydrogen) atoms. The first-order valence-corrected chi connectivity index (χ1v) is 6.86. The summed E-state index contributed by atoms with van der Waals surface area (Å²) in [6.45, 7) is 7.59. The Hall–Kier alpha value is -0.870. The number of benzene rings is 1. The van der Waals surface area contributed by atoms with Crippen LogP contribution in [0.4, 0.5) is 0 Å². The van der Waals surface area contributed by atoms with Crippen LogP contribution < -0.4 is 4.72 Å². The molecule has 4 heteroatoms. The van der Waals surface area contributed by atoms with Crippen LogP contribution in [0, 0.1) is 6.92 Å². The molecule has 0 aromatic heterocycles. The van der Waals surface area contributed by atoms with Crippen molar-refractivity contribution in [2.24, 2.45) is 0 Å². The van der Waals surface area contributed by atoms with E-state index < -0.39 is 15.6 Å². The zero-order valence-corrected chi connectivity index (χ0v) is 11.1. The van der Waals surface area contributed by atoms with Crippen molar-refractivity contribution < 1.29 is 8.42 Å². The van der Waals surface area contributed by atoms with Crippen molar-refractivity contribution in [3.05, 3.63) is 29.8 Å². The Kier molecular flexibility index (Phi) is 3.76. The summed E-state index contributed by atoms with van der Waals surface area (Å²) >= 11 is 0. The van der Waals surface area contributed by atoms with Gasteiger partial charge in [-0.3, -0.25) is 0 Å². The number of sulfonamides is 1. The molecule has 0 heterocycles. The minimum absolute atomic E-state index is 0.328. The van der Waals surface area contributed by atoms with Crippen LogP contribution in [0.5, 0.6) is 0 Å². The number of rotatable bonds is 4. The molecule has 1 aromatic carbocycles. The molecule has 0 atom stereocenters.